The van der Waals surface area contributed by atoms with Crippen molar-refractivity contribution in [2.24, 2.45) is 0 Å². The fraction of sp³-hybridized carbons (Fsp3) is 1.00. The van der Waals surface area contributed by atoms with Gasteiger partial charge in [0.05, 0.1) is 0 Å². The molecule has 2 saturated carbocycles. The molecule has 0 aromatic heterocycles. The Bertz CT molecular complexity index is 210. The third-order valence-electron chi connectivity index (χ3n) is 6.02. The molecular weight excluding hydrogens is 253 g/mol. The maximum absolute atomic E-state index is 2.81. The van der Waals surface area contributed by atoms with Gasteiger partial charge in [0.15, 0.2) is 0 Å². The predicted molar refractivity (Wildman–Crippen MR) is 75.8 cm³/mol. The van der Waals surface area contributed by atoms with Crippen LogP contribution in [-0.4, -0.2) is 13.3 Å². The average molecular weight is 283 g/mol. The minimum atomic E-state index is -1.67. The van der Waals surface area contributed by atoms with E-state index in [0.717, 1.165) is 0 Å². The Kier molecular flexibility index (Phi) is 3.79. The van der Waals surface area contributed by atoms with E-state index in [1.165, 1.54) is 35.2 Å². The van der Waals surface area contributed by atoms with Crippen LogP contribution in [0.25, 0.3) is 0 Å². The zero-order chi connectivity index (χ0) is 11.8. The zero-order valence-corrected chi connectivity index (χ0v) is 13.9. The summed E-state index contributed by atoms with van der Waals surface area (Å²) in [5, 5.41) is 0. The van der Waals surface area contributed by atoms with E-state index < -0.39 is 13.3 Å². The summed E-state index contributed by atoms with van der Waals surface area (Å²) in [5.74, 6) is 2.81. The Balaban J connectivity index is 2.23. The molecule has 0 N–H and O–H groups in total. The van der Waals surface area contributed by atoms with Gasteiger partial charge in [-0.3, -0.25) is 0 Å². The van der Waals surface area contributed by atoms with Crippen LogP contribution in [0.5, 0.6) is 0 Å². The minimum absolute atomic E-state index is 0.671. The Morgan fingerprint density at radius 3 is 1.31 bits per heavy atom. The molecule has 94 valence electrons. The van der Waals surface area contributed by atoms with Gasteiger partial charge in [-0.25, -0.2) is 0 Å². The molecule has 0 spiro atoms. The molecule has 0 unspecified atom stereocenters. The van der Waals surface area contributed by atoms with Crippen LogP contribution in [-0.2, 0) is 0 Å². The van der Waals surface area contributed by atoms with Crippen molar-refractivity contribution in [3.05, 3.63) is 0 Å². The fourth-order valence-electron chi connectivity index (χ4n) is 4.61. The van der Waals surface area contributed by atoms with E-state index in [9.17, 15) is 0 Å². The van der Waals surface area contributed by atoms with E-state index >= 15 is 0 Å². The van der Waals surface area contributed by atoms with Gasteiger partial charge >= 0.3 is 105 Å². The third-order valence-corrected chi connectivity index (χ3v) is 22.3. The molecule has 0 aromatic rings. The van der Waals surface area contributed by atoms with E-state index in [1.54, 1.807) is 25.7 Å². The van der Waals surface area contributed by atoms with Crippen molar-refractivity contribution in [1.82, 2.24) is 0 Å². The molecule has 0 bridgehead atoms. The Labute approximate surface area is 105 Å². The Morgan fingerprint density at radius 2 is 1.06 bits per heavy atom. The second-order valence-electron chi connectivity index (χ2n) is 7.50. The molecule has 0 aromatic carbocycles. The third kappa shape index (κ3) is 2.11. The molecule has 0 radical (unpaired) electrons. The quantitative estimate of drug-likeness (QED) is 0.566. The first-order chi connectivity index (χ1) is 7.46. The average Bonchev–Trinajstić information content (AvgIpc) is 2.88. The summed E-state index contributed by atoms with van der Waals surface area (Å²) >= 11 is -1.67. The fourth-order valence-corrected chi connectivity index (χ4v) is 17.9. The second kappa shape index (κ2) is 4.67. The van der Waals surface area contributed by atoms with Crippen molar-refractivity contribution in [3.63, 3.8) is 0 Å². The number of hydrogen-bond donors (Lipinski definition) is 0. The summed E-state index contributed by atoms with van der Waals surface area (Å²) in [6.45, 7) is 7.72. The molecule has 0 heterocycles. The summed E-state index contributed by atoms with van der Waals surface area (Å²) in [6.07, 6.45) is 12.5. The van der Waals surface area contributed by atoms with Crippen LogP contribution in [0.15, 0.2) is 0 Å². The molecule has 0 atom stereocenters. The van der Waals surface area contributed by atoms with Crippen molar-refractivity contribution in [2.45, 2.75) is 91.6 Å². The van der Waals surface area contributed by atoms with Gasteiger partial charge < -0.3 is 0 Å². The van der Waals surface area contributed by atoms with Crippen LogP contribution in [0.2, 0.25) is 19.5 Å². The predicted octanol–water partition coefficient (Wildman–Crippen LogP) is 5.75. The summed E-state index contributed by atoms with van der Waals surface area (Å²) in [7, 11) is 0. The molecule has 16 heavy (non-hydrogen) atoms. The SMILES string of the molecule is C[C](C)(C)[Ge]([CH3])([CH]1CCCC1)[CH]1CCCC1. The van der Waals surface area contributed by atoms with E-state index in [-0.39, 0.29) is 0 Å². The molecule has 0 saturated heterocycles. The molecule has 2 rings (SSSR count). The number of hydrogen-bond acceptors (Lipinski definition) is 0. The first kappa shape index (κ1) is 13.0. The van der Waals surface area contributed by atoms with E-state index in [0.29, 0.717) is 4.25 Å². The van der Waals surface area contributed by atoms with Crippen molar-refractivity contribution < 1.29 is 0 Å². The van der Waals surface area contributed by atoms with Gasteiger partial charge in [0, 0.05) is 0 Å². The molecular formula is C15H30Ge. The van der Waals surface area contributed by atoms with Gasteiger partial charge in [-0.1, -0.05) is 0 Å². The van der Waals surface area contributed by atoms with E-state index in [2.05, 4.69) is 26.5 Å². The number of rotatable bonds is 2. The topological polar surface area (TPSA) is 0 Å². The van der Waals surface area contributed by atoms with Crippen LogP contribution in [0.1, 0.15) is 72.1 Å². The second-order valence-corrected chi connectivity index (χ2v) is 19.5. The van der Waals surface area contributed by atoms with E-state index in [1.807, 2.05) is 0 Å². The van der Waals surface area contributed by atoms with Crippen LogP contribution in [0, 0.1) is 0 Å². The van der Waals surface area contributed by atoms with Crippen LogP contribution >= 0.6 is 0 Å². The van der Waals surface area contributed by atoms with Crippen molar-refractivity contribution in [1.29, 1.82) is 0 Å². The van der Waals surface area contributed by atoms with Gasteiger partial charge in [-0.15, -0.1) is 0 Å². The molecule has 0 nitrogen and oxygen atoms in total. The van der Waals surface area contributed by atoms with Gasteiger partial charge in [0.1, 0.15) is 0 Å². The summed E-state index contributed by atoms with van der Waals surface area (Å²) in [4.78, 5) is 0. The maximum atomic E-state index is 2.81. The molecule has 2 aliphatic carbocycles. The van der Waals surface area contributed by atoms with Gasteiger partial charge in [0.2, 0.25) is 0 Å². The monoisotopic (exact) mass is 284 g/mol. The zero-order valence-electron chi connectivity index (χ0n) is 11.8. The van der Waals surface area contributed by atoms with Crippen LogP contribution in [0.3, 0.4) is 0 Å². The molecule has 0 aliphatic heterocycles. The van der Waals surface area contributed by atoms with Crippen molar-refractivity contribution in [3.8, 4) is 0 Å². The summed E-state index contributed by atoms with van der Waals surface area (Å²) in [5.41, 5.74) is 0. The Hall–Kier alpha value is 0.543. The molecule has 2 fully saturated rings. The molecule has 0 amide bonds. The summed E-state index contributed by atoms with van der Waals surface area (Å²) < 4.78 is 3.07. The standard InChI is InChI=1S/C15H30Ge/c1-15(2,3)16(4,13-9-5-6-10-13)14-11-7-8-12-14/h13-14H,5-12H2,1-4H3. The van der Waals surface area contributed by atoms with Gasteiger partial charge in [0.25, 0.3) is 0 Å². The van der Waals surface area contributed by atoms with Crippen molar-refractivity contribution >= 4 is 13.3 Å². The van der Waals surface area contributed by atoms with Gasteiger partial charge in [-0.2, -0.15) is 0 Å². The van der Waals surface area contributed by atoms with E-state index in [4.69, 9.17) is 0 Å². The molecule has 1 heteroatoms. The van der Waals surface area contributed by atoms with Crippen molar-refractivity contribution in [2.75, 3.05) is 0 Å². The molecule has 2 aliphatic rings. The first-order valence-corrected chi connectivity index (χ1v) is 13.0. The van der Waals surface area contributed by atoms with Crippen LogP contribution < -0.4 is 0 Å². The normalized spacial score (nSPS) is 25.5. The van der Waals surface area contributed by atoms with Gasteiger partial charge in [-0.05, 0) is 0 Å². The summed E-state index contributed by atoms with van der Waals surface area (Å²) in [6, 6.07) is 0. The first-order valence-electron chi connectivity index (χ1n) is 7.46. The Morgan fingerprint density at radius 1 is 0.750 bits per heavy atom. The van der Waals surface area contributed by atoms with Crippen LogP contribution in [0.4, 0.5) is 0 Å².